The molecular formula is C6H6F3N3O2. The van der Waals surface area contributed by atoms with Crippen LogP contribution in [0.25, 0.3) is 0 Å². The van der Waals surface area contributed by atoms with Gasteiger partial charge in [-0.3, -0.25) is 0 Å². The molecular weight excluding hydrogens is 203 g/mol. The van der Waals surface area contributed by atoms with Gasteiger partial charge in [0.2, 0.25) is 0 Å². The molecule has 0 aliphatic rings. The molecule has 0 N–H and O–H groups in total. The predicted octanol–water partition coefficient (Wildman–Crippen LogP) is 0.821. The van der Waals surface area contributed by atoms with E-state index in [0.717, 1.165) is 6.33 Å². The SMILES string of the molecule is COc1ncnc(OCC(F)(F)F)n1. The van der Waals surface area contributed by atoms with E-state index in [4.69, 9.17) is 0 Å². The van der Waals surface area contributed by atoms with Gasteiger partial charge in [-0.05, 0) is 0 Å². The Labute approximate surface area is 76.9 Å². The summed E-state index contributed by atoms with van der Waals surface area (Å²) in [6, 6.07) is -0.522. The molecule has 0 aliphatic carbocycles. The molecule has 1 heterocycles. The van der Waals surface area contributed by atoms with Gasteiger partial charge in [-0.25, -0.2) is 0 Å². The molecule has 1 aromatic heterocycles. The van der Waals surface area contributed by atoms with Crippen LogP contribution in [0, 0.1) is 0 Å². The van der Waals surface area contributed by atoms with Gasteiger partial charge in [0.15, 0.2) is 6.61 Å². The van der Waals surface area contributed by atoms with Crippen LogP contribution in [0.3, 0.4) is 0 Å². The molecule has 0 unspecified atom stereocenters. The van der Waals surface area contributed by atoms with Crippen LogP contribution in [0.1, 0.15) is 0 Å². The summed E-state index contributed by atoms with van der Waals surface area (Å²) in [5, 5.41) is 0. The second-order valence-corrected chi connectivity index (χ2v) is 2.16. The summed E-state index contributed by atoms with van der Waals surface area (Å²) in [5.41, 5.74) is 0. The molecule has 78 valence electrons. The van der Waals surface area contributed by atoms with Crippen molar-refractivity contribution in [3.63, 3.8) is 0 Å². The number of hydrogen-bond acceptors (Lipinski definition) is 5. The number of alkyl halides is 3. The highest BCUT2D eigenvalue weighted by molar-refractivity contribution is 4.99. The normalized spacial score (nSPS) is 11.1. The number of hydrogen-bond donors (Lipinski definition) is 0. The minimum absolute atomic E-state index is 0.0998. The van der Waals surface area contributed by atoms with Crippen LogP contribution in [0.4, 0.5) is 13.2 Å². The van der Waals surface area contributed by atoms with E-state index in [0.29, 0.717) is 0 Å². The van der Waals surface area contributed by atoms with E-state index in [1.54, 1.807) is 0 Å². The lowest BCUT2D eigenvalue weighted by Crippen LogP contribution is -2.20. The number of aromatic nitrogens is 3. The van der Waals surface area contributed by atoms with Gasteiger partial charge in [0.1, 0.15) is 6.33 Å². The van der Waals surface area contributed by atoms with E-state index in [1.165, 1.54) is 7.11 Å². The fourth-order valence-corrected chi connectivity index (χ4v) is 0.581. The van der Waals surface area contributed by atoms with Crippen molar-refractivity contribution in [3.8, 4) is 12.0 Å². The van der Waals surface area contributed by atoms with Gasteiger partial charge < -0.3 is 9.47 Å². The van der Waals surface area contributed by atoms with E-state index in [9.17, 15) is 13.2 Å². The average Bonchev–Trinajstić information content (AvgIpc) is 2.14. The van der Waals surface area contributed by atoms with Crippen molar-refractivity contribution in [3.05, 3.63) is 6.33 Å². The van der Waals surface area contributed by atoms with Crippen molar-refractivity contribution in [1.29, 1.82) is 0 Å². The predicted molar refractivity (Wildman–Crippen MR) is 37.9 cm³/mol. The molecule has 8 heteroatoms. The van der Waals surface area contributed by atoms with E-state index >= 15 is 0 Å². The van der Waals surface area contributed by atoms with Crippen molar-refractivity contribution in [2.45, 2.75) is 6.18 Å². The van der Waals surface area contributed by atoms with Crippen molar-refractivity contribution in [2.24, 2.45) is 0 Å². The van der Waals surface area contributed by atoms with Gasteiger partial charge in [0, 0.05) is 0 Å². The summed E-state index contributed by atoms with van der Waals surface area (Å²) in [4.78, 5) is 10.3. The second kappa shape index (κ2) is 4.07. The largest absolute Gasteiger partial charge is 0.467 e. The van der Waals surface area contributed by atoms with E-state index in [-0.39, 0.29) is 6.01 Å². The first-order valence-electron chi connectivity index (χ1n) is 3.44. The van der Waals surface area contributed by atoms with Gasteiger partial charge in [0.05, 0.1) is 7.11 Å². The highest BCUT2D eigenvalue weighted by atomic mass is 19.4. The molecule has 0 amide bonds. The standard InChI is InChI=1S/C6H6F3N3O2/c1-13-4-10-3-11-5(12-4)14-2-6(7,8)9/h3H,2H2,1H3. The monoisotopic (exact) mass is 209 g/mol. The molecule has 14 heavy (non-hydrogen) atoms. The Balaban J connectivity index is 2.59. The molecule has 1 rings (SSSR count). The summed E-state index contributed by atoms with van der Waals surface area (Å²) in [5.74, 6) is 0. The Hall–Kier alpha value is -1.60. The number of ether oxygens (including phenoxy) is 2. The van der Waals surface area contributed by atoms with Crippen LogP contribution in [0.5, 0.6) is 12.0 Å². The Morgan fingerprint density at radius 3 is 2.50 bits per heavy atom. The van der Waals surface area contributed by atoms with Crippen molar-refractivity contribution in [2.75, 3.05) is 13.7 Å². The molecule has 5 nitrogen and oxygen atoms in total. The molecule has 0 atom stereocenters. The van der Waals surface area contributed by atoms with Gasteiger partial charge >= 0.3 is 18.2 Å². The smallest absolute Gasteiger partial charge is 0.422 e. The number of methoxy groups -OCH3 is 1. The first-order chi connectivity index (χ1) is 6.51. The van der Waals surface area contributed by atoms with Crippen molar-refractivity contribution in [1.82, 2.24) is 15.0 Å². The zero-order valence-electron chi connectivity index (χ0n) is 7.08. The van der Waals surface area contributed by atoms with Gasteiger partial charge in [0.25, 0.3) is 0 Å². The van der Waals surface area contributed by atoms with Gasteiger partial charge in [-0.1, -0.05) is 0 Å². The quantitative estimate of drug-likeness (QED) is 0.737. The molecule has 0 radical (unpaired) electrons. The third-order valence-electron chi connectivity index (χ3n) is 1.08. The van der Waals surface area contributed by atoms with Crippen LogP contribution >= 0.6 is 0 Å². The Kier molecular flexibility index (Phi) is 3.05. The summed E-state index contributed by atoms with van der Waals surface area (Å²) in [7, 11) is 1.28. The van der Waals surface area contributed by atoms with Crippen molar-refractivity contribution < 1.29 is 22.6 Å². The number of halogens is 3. The highest BCUT2D eigenvalue weighted by Gasteiger charge is 2.29. The van der Waals surface area contributed by atoms with Gasteiger partial charge in [-0.2, -0.15) is 23.1 Å². The molecule has 0 spiro atoms. The molecule has 1 aromatic rings. The van der Waals surface area contributed by atoms with Crippen LogP contribution < -0.4 is 9.47 Å². The van der Waals surface area contributed by atoms with Crippen LogP contribution in [-0.2, 0) is 0 Å². The molecule has 0 saturated carbocycles. The Bertz CT molecular complexity index is 305. The fourth-order valence-electron chi connectivity index (χ4n) is 0.581. The number of rotatable bonds is 3. The minimum atomic E-state index is -4.42. The fraction of sp³-hybridized carbons (Fsp3) is 0.500. The zero-order chi connectivity index (χ0) is 10.6. The lowest BCUT2D eigenvalue weighted by molar-refractivity contribution is -0.154. The van der Waals surface area contributed by atoms with Crippen molar-refractivity contribution >= 4 is 0 Å². The lowest BCUT2D eigenvalue weighted by Gasteiger charge is -2.06. The van der Waals surface area contributed by atoms with Crippen LogP contribution in [0.2, 0.25) is 0 Å². The summed E-state index contributed by atoms with van der Waals surface area (Å²) < 4.78 is 43.9. The zero-order valence-corrected chi connectivity index (χ0v) is 7.08. The summed E-state index contributed by atoms with van der Waals surface area (Å²) >= 11 is 0. The molecule has 0 bridgehead atoms. The average molecular weight is 209 g/mol. The van der Waals surface area contributed by atoms with E-state index in [2.05, 4.69) is 24.4 Å². The molecule has 0 saturated heterocycles. The van der Waals surface area contributed by atoms with Crippen LogP contribution in [-0.4, -0.2) is 34.8 Å². The Morgan fingerprint density at radius 2 is 1.93 bits per heavy atom. The topological polar surface area (TPSA) is 57.1 Å². The number of nitrogens with zero attached hydrogens (tertiary/aromatic N) is 3. The minimum Gasteiger partial charge on any atom is -0.467 e. The summed E-state index contributed by atoms with van der Waals surface area (Å²) in [6.45, 7) is -1.44. The lowest BCUT2D eigenvalue weighted by atomic mass is 10.7. The summed E-state index contributed by atoms with van der Waals surface area (Å²) in [6.07, 6.45) is -3.42. The molecule has 0 aliphatic heterocycles. The highest BCUT2D eigenvalue weighted by Crippen LogP contribution is 2.16. The molecule has 0 aromatic carbocycles. The maximum absolute atomic E-state index is 11.7. The van der Waals surface area contributed by atoms with Crippen LogP contribution in [0.15, 0.2) is 6.33 Å². The Morgan fingerprint density at radius 1 is 1.29 bits per heavy atom. The van der Waals surface area contributed by atoms with E-state index in [1.807, 2.05) is 0 Å². The molecule has 0 fully saturated rings. The maximum Gasteiger partial charge on any atom is 0.422 e. The third kappa shape index (κ3) is 3.42. The first-order valence-corrected chi connectivity index (χ1v) is 3.44. The van der Waals surface area contributed by atoms with Gasteiger partial charge in [-0.15, -0.1) is 4.98 Å². The maximum atomic E-state index is 11.7. The second-order valence-electron chi connectivity index (χ2n) is 2.16. The first kappa shape index (κ1) is 10.5. The van der Waals surface area contributed by atoms with E-state index < -0.39 is 18.8 Å². The third-order valence-corrected chi connectivity index (χ3v) is 1.08.